The van der Waals surface area contributed by atoms with Gasteiger partial charge in [0.2, 0.25) is 0 Å². The van der Waals surface area contributed by atoms with Gasteiger partial charge >= 0.3 is 0 Å². The van der Waals surface area contributed by atoms with Crippen LogP contribution in [-0.2, 0) is 5.60 Å². The number of hydrogen-bond donors (Lipinski definition) is 1. The Hall–Kier alpha value is -2.37. The predicted molar refractivity (Wildman–Crippen MR) is 70.6 cm³/mol. The third-order valence-electron chi connectivity index (χ3n) is 2.95. The van der Waals surface area contributed by atoms with Gasteiger partial charge in [-0.05, 0) is 11.1 Å². The van der Waals surface area contributed by atoms with Crippen molar-refractivity contribution in [2.75, 3.05) is 0 Å². The van der Waals surface area contributed by atoms with E-state index in [0.29, 0.717) is 11.1 Å². The summed E-state index contributed by atoms with van der Waals surface area (Å²) in [6.45, 7) is 3.69. The maximum atomic E-state index is 10.9. The molecule has 0 aliphatic carbocycles. The summed E-state index contributed by atoms with van der Waals surface area (Å²) in [5.41, 5.74) is -0.0672. The third-order valence-corrected chi connectivity index (χ3v) is 2.95. The van der Waals surface area contributed by atoms with Gasteiger partial charge in [-0.15, -0.1) is 0 Å². The zero-order valence-electron chi connectivity index (χ0n) is 9.88. The van der Waals surface area contributed by atoms with Crippen molar-refractivity contribution in [1.29, 1.82) is 5.26 Å². The fourth-order valence-electron chi connectivity index (χ4n) is 1.95. The first kappa shape index (κ1) is 12.1. The maximum Gasteiger partial charge on any atom is 0.149 e. The highest BCUT2D eigenvalue weighted by atomic mass is 16.3. The molecule has 0 atom stereocenters. The summed E-state index contributed by atoms with van der Waals surface area (Å²) < 4.78 is 0. The summed E-state index contributed by atoms with van der Waals surface area (Å²) in [5.74, 6) is 0. The summed E-state index contributed by atoms with van der Waals surface area (Å²) in [6, 6.07) is 20.1. The summed E-state index contributed by atoms with van der Waals surface area (Å²) in [6.07, 6.45) is 0. The molecule has 0 saturated carbocycles. The molecule has 0 saturated heterocycles. The molecule has 0 heterocycles. The SMILES string of the molecule is C=C(C#N)C(O)(c1ccccc1)c1ccccc1. The molecule has 2 aromatic rings. The highest BCUT2D eigenvalue weighted by Gasteiger charge is 2.34. The number of rotatable bonds is 3. The van der Waals surface area contributed by atoms with E-state index in [-0.39, 0.29) is 5.57 Å². The molecule has 0 radical (unpaired) electrons. The molecule has 1 N–H and O–H groups in total. The fourth-order valence-corrected chi connectivity index (χ4v) is 1.95. The van der Waals surface area contributed by atoms with Crippen LogP contribution in [0.2, 0.25) is 0 Å². The molecule has 2 nitrogen and oxygen atoms in total. The first-order valence-electron chi connectivity index (χ1n) is 5.62. The second-order valence-electron chi connectivity index (χ2n) is 4.03. The first-order valence-corrected chi connectivity index (χ1v) is 5.62. The molecule has 2 aromatic carbocycles. The molecule has 18 heavy (non-hydrogen) atoms. The highest BCUT2D eigenvalue weighted by molar-refractivity contribution is 5.48. The summed E-state index contributed by atoms with van der Waals surface area (Å²) in [5, 5.41) is 20.0. The first-order chi connectivity index (χ1) is 8.69. The Labute approximate surface area is 106 Å². The lowest BCUT2D eigenvalue weighted by atomic mass is 9.81. The standard InChI is InChI=1S/C16H13NO/c1-13(12-17)16(18,14-8-4-2-5-9-14)15-10-6-3-7-11-15/h2-11,18H,1H2. The number of aliphatic hydroxyl groups is 1. The Morgan fingerprint density at radius 1 is 0.944 bits per heavy atom. The fraction of sp³-hybridized carbons (Fsp3) is 0.0625. The van der Waals surface area contributed by atoms with Crippen molar-refractivity contribution < 1.29 is 5.11 Å². The van der Waals surface area contributed by atoms with Gasteiger partial charge < -0.3 is 5.11 Å². The Morgan fingerprint density at radius 2 is 1.33 bits per heavy atom. The smallest absolute Gasteiger partial charge is 0.149 e. The zero-order valence-corrected chi connectivity index (χ0v) is 9.88. The molecular formula is C16H13NO. The molecule has 0 fully saturated rings. The van der Waals surface area contributed by atoms with Crippen molar-refractivity contribution >= 4 is 0 Å². The van der Waals surface area contributed by atoms with Crippen molar-refractivity contribution in [3.8, 4) is 6.07 Å². The van der Waals surface area contributed by atoms with E-state index >= 15 is 0 Å². The molecule has 0 spiro atoms. The summed E-state index contributed by atoms with van der Waals surface area (Å²) in [4.78, 5) is 0. The van der Waals surface area contributed by atoms with Gasteiger partial charge in [0, 0.05) is 0 Å². The van der Waals surface area contributed by atoms with E-state index in [1.165, 1.54) is 0 Å². The molecule has 0 unspecified atom stereocenters. The summed E-state index contributed by atoms with van der Waals surface area (Å²) in [7, 11) is 0. The number of nitrogens with zero attached hydrogens (tertiary/aromatic N) is 1. The van der Waals surface area contributed by atoms with Gasteiger partial charge in [-0.25, -0.2) is 0 Å². The van der Waals surface area contributed by atoms with Gasteiger partial charge in [-0.3, -0.25) is 0 Å². The topological polar surface area (TPSA) is 44.0 Å². The van der Waals surface area contributed by atoms with E-state index in [1.54, 1.807) is 24.3 Å². The third kappa shape index (κ3) is 1.92. The van der Waals surface area contributed by atoms with Crippen LogP contribution >= 0.6 is 0 Å². The van der Waals surface area contributed by atoms with Gasteiger partial charge in [-0.1, -0.05) is 67.2 Å². The van der Waals surface area contributed by atoms with Crippen LogP contribution in [0.15, 0.2) is 72.8 Å². The van der Waals surface area contributed by atoms with E-state index in [1.807, 2.05) is 42.5 Å². The molecule has 0 aliphatic heterocycles. The number of hydrogen-bond acceptors (Lipinski definition) is 2. The Balaban J connectivity index is 2.64. The van der Waals surface area contributed by atoms with Crippen molar-refractivity contribution in [2.45, 2.75) is 5.60 Å². The number of benzene rings is 2. The molecule has 0 bridgehead atoms. The maximum absolute atomic E-state index is 10.9. The van der Waals surface area contributed by atoms with Crippen LogP contribution in [0.25, 0.3) is 0 Å². The Morgan fingerprint density at radius 3 is 1.67 bits per heavy atom. The zero-order chi connectivity index (χ0) is 13.0. The van der Waals surface area contributed by atoms with Crippen molar-refractivity contribution in [1.82, 2.24) is 0 Å². The van der Waals surface area contributed by atoms with Crippen LogP contribution in [0, 0.1) is 11.3 Å². The minimum Gasteiger partial charge on any atom is -0.375 e. The molecule has 88 valence electrons. The summed E-state index contributed by atoms with van der Waals surface area (Å²) >= 11 is 0. The normalized spacial score (nSPS) is 10.7. The minimum absolute atomic E-state index is 0.111. The van der Waals surface area contributed by atoms with Crippen molar-refractivity contribution in [2.24, 2.45) is 0 Å². The van der Waals surface area contributed by atoms with Crippen LogP contribution < -0.4 is 0 Å². The van der Waals surface area contributed by atoms with E-state index < -0.39 is 5.60 Å². The van der Waals surface area contributed by atoms with Crippen molar-refractivity contribution in [3.05, 3.63) is 83.9 Å². The van der Waals surface area contributed by atoms with E-state index in [9.17, 15) is 5.11 Å². The van der Waals surface area contributed by atoms with Crippen LogP contribution in [0.1, 0.15) is 11.1 Å². The quantitative estimate of drug-likeness (QED) is 0.831. The lowest BCUT2D eigenvalue weighted by molar-refractivity contribution is 0.126. The molecule has 0 aliphatic rings. The second kappa shape index (κ2) is 4.87. The lowest BCUT2D eigenvalue weighted by Crippen LogP contribution is -2.28. The predicted octanol–water partition coefficient (Wildman–Crippen LogP) is 3.00. The van der Waals surface area contributed by atoms with Gasteiger partial charge in [-0.2, -0.15) is 5.26 Å². The largest absolute Gasteiger partial charge is 0.375 e. The van der Waals surface area contributed by atoms with Gasteiger partial charge in [0.25, 0.3) is 0 Å². The monoisotopic (exact) mass is 235 g/mol. The molecule has 2 rings (SSSR count). The molecule has 0 amide bonds. The van der Waals surface area contributed by atoms with Gasteiger partial charge in [0.15, 0.2) is 0 Å². The highest BCUT2D eigenvalue weighted by Crippen LogP contribution is 2.35. The van der Waals surface area contributed by atoms with Crippen LogP contribution in [0.4, 0.5) is 0 Å². The molecule has 2 heteroatoms. The van der Waals surface area contributed by atoms with Crippen LogP contribution in [0.3, 0.4) is 0 Å². The Bertz CT molecular complexity index is 542. The average molecular weight is 235 g/mol. The van der Waals surface area contributed by atoms with Gasteiger partial charge in [0.1, 0.15) is 5.60 Å². The molecular weight excluding hydrogens is 222 g/mol. The Kier molecular flexibility index (Phi) is 3.27. The number of nitriles is 1. The lowest BCUT2D eigenvalue weighted by Gasteiger charge is -2.28. The van der Waals surface area contributed by atoms with Crippen LogP contribution in [-0.4, -0.2) is 5.11 Å². The average Bonchev–Trinajstić information content (AvgIpc) is 2.47. The second-order valence-corrected chi connectivity index (χ2v) is 4.03. The van der Waals surface area contributed by atoms with Crippen LogP contribution in [0.5, 0.6) is 0 Å². The van der Waals surface area contributed by atoms with Gasteiger partial charge in [0.05, 0.1) is 11.6 Å². The van der Waals surface area contributed by atoms with E-state index in [4.69, 9.17) is 5.26 Å². The van der Waals surface area contributed by atoms with E-state index in [0.717, 1.165) is 0 Å². The van der Waals surface area contributed by atoms with E-state index in [2.05, 4.69) is 6.58 Å². The molecule has 0 aromatic heterocycles. The minimum atomic E-state index is -1.46. The van der Waals surface area contributed by atoms with Crippen molar-refractivity contribution in [3.63, 3.8) is 0 Å².